The maximum atomic E-state index is 9.24. The Kier molecular flexibility index (Phi) is 5.59. The van der Waals surface area contributed by atoms with E-state index in [1.165, 1.54) is 5.56 Å². The molecule has 0 fully saturated rings. The maximum Gasteiger partial charge on any atom is 0.124 e. The van der Waals surface area contributed by atoms with Crippen LogP contribution in [0.3, 0.4) is 0 Å². The number of para-hydroxylation sites is 2. The van der Waals surface area contributed by atoms with Crippen LogP contribution in [0.1, 0.15) is 11.4 Å². The van der Waals surface area contributed by atoms with E-state index < -0.39 is 0 Å². The summed E-state index contributed by atoms with van der Waals surface area (Å²) in [5, 5.41) is 18.5. The molecule has 0 aliphatic rings. The molecular formula is C19H23N3O2. The minimum atomic E-state index is 0.0684. The number of nitrogens with zero attached hydrogens (tertiary/aromatic N) is 3. The third-order valence-electron chi connectivity index (χ3n) is 4.11. The van der Waals surface area contributed by atoms with Gasteiger partial charge in [-0.1, -0.05) is 42.5 Å². The zero-order chi connectivity index (χ0) is 16.8. The van der Waals surface area contributed by atoms with Gasteiger partial charge in [0.25, 0.3) is 0 Å². The second-order valence-electron chi connectivity index (χ2n) is 5.81. The van der Waals surface area contributed by atoms with Crippen molar-refractivity contribution in [3.05, 3.63) is 66.0 Å². The molecule has 5 nitrogen and oxygen atoms in total. The van der Waals surface area contributed by atoms with Crippen LogP contribution in [0.4, 0.5) is 0 Å². The minimum Gasteiger partial charge on any atom is -0.395 e. The van der Waals surface area contributed by atoms with Gasteiger partial charge in [0.05, 0.1) is 30.8 Å². The number of aliphatic hydroxyl groups is 2. The average Bonchev–Trinajstić information content (AvgIpc) is 2.94. The number of aliphatic hydroxyl groups excluding tert-OH is 2. The number of benzene rings is 2. The SMILES string of the molecule is OCCN(CCO)Cc1nc2ccccc2n1Cc1ccccc1. The van der Waals surface area contributed by atoms with Crippen LogP contribution >= 0.6 is 0 Å². The Morgan fingerprint density at radius 3 is 2.25 bits per heavy atom. The highest BCUT2D eigenvalue weighted by molar-refractivity contribution is 5.76. The Labute approximate surface area is 141 Å². The molecule has 0 bridgehead atoms. The molecule has 0 radical (unpaired) electrons. The molecule has 1 heterocycles. The number of aromatic nitrogens is 2. The summed E-state index contributed by atoms with van der Waals surface area (Å²) in [6.07, 6.45) is 0. The van der Waals surface area contributed by atoms with Crippen molar-refractivity contribution < 1.29 is 10.2 Å². The zero-order valence-electron chi connectivity index (χ0n) is 13.7. The lowest BCUT2D eigenvalue weighted by molar-refractivity contribution is 0.152. The van der Waals surface area contributed by atoms with Gasteiger partial charge in [-0.2, -0.15) is 0 Å². The second kappa shape index (κ2) is 8.06. The van der Waals surface area contributed by atoms with Crippen molar-refractivity contribution in [2.45, 2.75) is 13.1 Å². The van der Waals surface area contributed by atoms with E-state index in [0.717, 1.165) is 23.4 Å². The highest BCUT2D eigenvalue weighted by Gasteiger charge is 2.14. The largest absolute Gasteiger partial charge is 0.395 e. The Bertz CT molecular complexity index is 765. The van der Waals surface area contributed by atoms with Crippen LogP contribution in [0.2, 0.25) is 0 Å². The fraction of sp³-hybridized carbons (Fsp3) is 0.316. The summed E-state index contributed by atoms with van der Waals surface area (Å²) in [7, 11) is 0. The van der Waals surface area contributed by atoms with Crippen molar-refractivity contribution in [3.8, 4) is 0 Å². The van der Waals surface area contributed by atoms with Gasteiger partial charge in [0.2, 0.25) is 0 Å². The quantitative estimate of drug-likeness (QED) is 0.664. The Hall–Kier alpha value is -2.21. The molecule has 5 heteroatoms. The molecule has 3 aromatic rings. The number of rotatable bonds is 8. The van der Waals surface area contributed by atoms with Crippen molar-refractivity contribution in [2.24, 2.45) is 0 Å². The summed E-state index contributed by atoms with van der Waals surface area (Å²) in [5.74, 6) is 0.946. The third kappa shape index (κ3) is 3.82. The molecule has 0 unspecified atom stereocenters. The highest BCUT2D eigenvalue weighted by Crippen LogP contribution is 2.19. The Balaban J connectivity index is 1.95. The van der Waals surface area contributed by atoms with Gasteiger partial charge in [-0.05, 0) is 17.7 Å². The number of hydrogen-bond donors (Lipinski definition) is 2. The van der Waals surface area contributed by atoms with Gasteiger partial charge in [0.1, 0.15) is 5.82 Å². The van der Waals surface area contributed by atoms with E-state index >= 15 is 0 Å². The molecule has 24 heavy (non-hydrogen) atoms. The van der Waals surface area contributed by atoms with Crippen LogP contribution < -0.4 is 0 Å². The van der Waals surface area contributed by atoms with E-state index in [1.54, 1.807) is 0 Å². The Morgan fingerprint density at radius 2 is 1.54 bits per heavy atom. The first-order valence-corrected chi connectivity index (χ1v) is 8.24. The fourth-order valence-electron chi connectivity index (χ4n) is 2.94. The van der Waals surface area contributed by atoms with E-state index in [-0.39, 0.29) is 13.2 Å². The number of fused-ring (bicyclic) bond motifs is 1. The normalized spacial score (nSPS) is 11.5. The highest BCUT2D eigenvalue weighted by atomic mass is 16.3. The maximum absolute atomic E-state index is 9.24. The van der Waals surface area contributed by atoms with E-state index in [2.05, 4.69) is 22.8 Å². The first kappa shape index (κ1) is 16.6. The van der Waals surface area contributed by atoms with Crippen LogP contribution in [-0.4, -0.2) is 51.0 Å². The van der Waals surface area contributed by atoms with Crippen molar-refractivity contribution >= 4 is 11.0 Å². The van der Waals surface area contributed by atoms with Crippen molar-refractivity contribution in [1.82, 2.24) is 14.5 Å². The summed E-state index contributed by atoms with van der Waals surface area (Å²) in [4.78, 5) is 6.79. The van der Waals surface area contributed by atoms with Gasteiger partial charge < -0.3 is 14.8 Å². The third-order valence-corrected chi connectivity index (χ3v) is 4.11. The molecule has 2 N–H and O–H groups in total. The Morgan fingerprint density at radius 1 is 0.875 bits per heavy atom. The van der Waals surface area contributed by atoms with Gasteiger partial charge in [0, 0.05) is 19.6 Å². The molecule has 0 aliphatic heterocycles. The van der Waals surface area contributed by atoms with Gasteiger partial charge in [-0.15, -0.1) is 0 Å². The average molecular weight is 325 g/mol. The zero-order valence-corrected chi connectivity index (χ0v) is 13.7. The molecule has 126 valence electrons. The lowest BCUT2D eigenvalue weighted by atomic mass is 10.2. The monoisotopic (exact) mass is 325 g/mol. The first-order chi connectivity index (χ1) is 11.8. The van der Waals surface area contributed by atoms with Gasteiger partial charge >= 0.3 is 0 Å². The molecule has 0 atom stereocenters. The molecule has 2 aromatic carbocycles. The summed E-state index contributed by atoms with van der Waals surface area (Å²) < 4.78 is 2.21. The molecular weight excluding hydrogens is 302 g/mol. The summed E-state index contributed by atoms with van der Waals surface area (Å²) in [6.45, 7) is 2.54. The van der Waals surface area contributed by atoms with E-state index in [1.807, 2.05) is 41.3 Å². The predicted octanol–water partition coefficient (Wildman–Crippen LogP) is 1.87. The summed E-state index contributed by atoms with van der Waals surface area (Å²) in [5.41, 5.74) is 3.29. The van der Waals surface area contributed by atoms with Crippen molar-refractivity contribution in [1.29, 1.82) is 0 Å². The lowest BCUT2D eigenvalue weighted by Gasteiger charge is -2.20. The first-order valence-electron chi connectivity index (χ1n) is 8.24. The van der Waals surface area contributed by atoms with Gasteiger partial charge in [-0.25, -0.2) is 4.98 Å². The summed E-state index contributed by atoms with van der Waals surface area (Å²) >= 11 is 0. The van der Waals surface area contributed by atoms with Crippen LogP contribution in [0.5, 0.6) is 0 Å². The van der Waals surface area contributed by atoms with Gasteiger partial charge in [0.15, 0.2) is 0 Å². The molecule has 3 rings (SSSR count). The van der Waals surface area contributed by atoms with E-state index in [4.69, 9.17) is 4.98 Å². The molecule has 0 amide bonds. The number of imidazole rings is 1. The standard InChI is InChI=1S/C19H23N3O2/c23-12-10-21(11-13-24)15-19-20-17-8-4-5-9-18(17)22(19)14-16-6-2-1-3-7-16/h1-9,23-24H,10-15H2. The summed E-state index contributed by atoms with van der Waals surface area (Å²) in [6, 6.07) is 18.4. The lowest BCUT2D eigenvalue weighted by Crippen LogP contribution is -2.30. The molecule has 0 saturated heterocycles. The minimum absolute atomic E-state index is 0.0684. The number of hydrogen-bond acceptors (Lipinski definition) is 4. The fourth-order valence-corrected chi connectivity index (χ4v) is 2.94. The van der Waals surface area contributed by atoms with Crippen LogP contribution in [0, 0.1) is 0 Å². The van der Waals surface area contributed by atoms with Gasteiger partial charge in [-0.3, -0.25) is 4.90 Å². The molecule has 0 aliphatic carbocycles. The van der Waals surface area contributed by atoms with E-state index in [0.29, 0.717) is 19.6 Å². The van der Waals surface area contributed by atoms with Crippen LogP contribution in [0.25, 0.3) is 11.0 Å². The van der Waals surface area contributed by atoms with E-state index in [9.17, 15) is 10.2 Å². The van der Waals surface area contributed by atoms with Crippen LogP contribution in [0.15, 0.2) is 54.6 Å². The van der Waals surface area contributed by atoms with Crippen molar-refractivity contribution in [2.75, 3.05) is 26.3 Å². The molecule has 0 spiro atoms. The van der Waals surface area contributed by atoms with Crippen LogP contribution in [-0.2, 0) is 13.1 Å². The molecule has 0 saturated carbocycles. The topological polar surface area (TPSA) is 61.5 Å². The second-order valence-corrected chi connectivity index (χ2v) is 5.81. The predicted molar refractivity (Wildman–Crippen MR) is 94.7 cm³/mol. The molecule has 1 aromatic heterocycles. The van der Waals surface area contributed by atoms with Crippen molar-refractivity contribution in [3.63, 3.8) is 0 Å². The smallest absolute Gasteiger partial charge is 0.124 e.